The number of hydrogen-bond donors (Lipinski definition) is 1. The van der Waals surface area contributed by atoms with Gasteiger partial charge in [0.15, 0.2) is 0 Å². The molecule has 4 nitrogen and oxygen atoms in total. The van der Waals surface area contributed by atoms with Crippen molar-refractivity contribution in [3.63, 3.8) is 0 Å². The Morgan fingerprint density at radius 2 is 2.11 bits per heavy atom. The Morgan fingerprint density at radius 3 is 2.89 bits per heavy atom. The third-order valence-corrected chi connectivity index (χ3v) is 3.64. The van der Waals surface area contributed by atoms with Crippen LogP contribution in [0.25, 0.3) is 0 Å². The average molecular weight is 269 g/mol. The van der Waals surface area contributed by atoms with Crippen LogP contribution in [0, 0.1) is 0 Å². The molecule has 0 bridgehead atoms. The molecule has 5 heteroatoms. The van der Waals surface area contributed by atoms with Crippen molar-refractivity contribution in [2.75, 3.05) is 45.2 Å². The summed E-state index contributed by atoms with van der Waals surface area (Å²) in [5.74, 6) is 1.04. The van der Waals surface area contributed by atoms with E-state index in [1.165, 1.54) is 6.42 Å². The van der Waals surface area contributed by atoms with Crippen LogP contribution in [0.2, 0.25) is 5.02 Å². The van der Waals surface area contributed by atoms with Gasteiger partial charge in [0.05, 0.1) is 10.7 Å². The van der Waals surface area contributed by atoms with Crippen LogP contribution in [0.4, 0.5) is 5.82 Å². The summed E-state index contributed by atoms with van der Waals surface area (Å²) in [6.45, 7) is 5.06. The first-order valence-corrected chi connectivity index (χ1v) is 6.82. The van der Waals surface area contributed by atoms with Gasteiger partial charge in [-0.2, -0.15) is 0 Å². The van der Waals surface area contributed by atoms with E-state index in [0.717, 1.165) is 42.7 Å². The van der Waals surface area contributed by atoms with Gasteiger partial charge in [0, 0.05) is 26.2 Å². The lowest BCUT2D eigenvalue weighted by Gasteiger charge is -2.22. The van der Waals surface area contributed by atoms with Crippen molar-refractivity contribution in [1.82, 2.24) is 15.2 Å². The Labute approximate surface area is 114 Å². The standard InChI is InChI=1S/C13H21ClN4/c1-15-10-12-11(14)4-5-13(16-12)18-7-3-6-17(2)8-9-18/h4-5,15H,3,6-10H2,1-2H3. The van der Waals surface area contributed by atoms with Gasteiger partial charge in [-0.25, -0.2) is 4.98 Å². The molecule has 1 aromatic rings. The van der Waals surface area contributed by atoms with E-state index >= 15 is 0 Å². The lowest BCUT2D eigenvalue weighted by molar-refractivity contribution is 0.360. The molecule has 0 aromatic carbocycles. The fourth-order valence-electron chi connectivity index (χ4n) is 2.22. The van der Waals surface area contributed by atoms with Crippen LogP contribution < -0.4 is 10.2 Å². The summed E-state index contributed by atoms with van der Waals surface area (Å²) in [5.41, 5.74) is 0.925. The maximum Gasteiger partial charge on any atom is 0.129 e. The number of rotatable bonds is 3. The van der Waals surface area contributed by atoms with E-state index in [2.05, 4.69) is 27.1 Å². The van der Waals surface area contributed by atoms with Crippen LogP contribution in [0.5, 0.6) is 0 Å². The smallest absolute Gasteiger partial charge is 0.129 e. The van der Waals surface area contributed by atoms with E-state index in [4.69, 9.17) is 11.6 Å². The third kappa shape index (κ3) is 3.34. The first-order valence-electron chi connectivity index (χ1n) is 6.44. The van der Waals surface area contributed by atoms with Crippen molar-refractivity contribution in [3.05, 3.63) is 22.8 Å². The molecule has 0 atom stereocenters. The van der Waals surface area contributed by atoms with Gasteiger partial charge >= 0.3 is 0 Å². The third-order valence-electron chi connectivity index (χ3n) is 3.29. The molecule has 1 fully saturated rings. The summed E-state index contributed by atoms with van der Waals surface area (Å²) in [4.78, 5) is 9.38. The van der Waals surface area contributed by atoms with E-state index < -0.39 is 0 Å². The molecule has 18 heavy (non-hydrogen) atoms. The van der Waals surface area contributed by atoms with Gasteiger partial charge in [-0.1, -0.05) is 11.6 Å². The number of likely N-dealkylation sites (N-methyl/N-ethyl adjacent to an activating group) is 1. The minimum atomic E-state index is 0.709. The number of aromatic nitrogens is 1. The van der Waals surface area contributed by atoms with E-state index in [1.54, 1.807) is 0 Å². The highest BCUT2D eigenvalue weighted by Crippen LogP contribution is 2.20. The number of halogens is 1. The SMILES string of the molecule is CNCc1nc(N2CCCN(C)CC2)ccc1Cl. The normalized spacial score (nSPS) is 17.8. The van der Waals surface area contributed by atoms with E-state index in [9.17, 15) is 0 Å². The van der Waals surface area contributed by atoms with Gasteiger partial charge in [0.25, 0.3) is 0 Å². The number of nitrogens with one attached hydrogen (secondary N) is 1. The van der Waals surface area contributed by atoms with Crippen molar-refractivity contribution in [1.29, 1.82) is 0 Å². The van der Waals surface area contributed by atoms with Crippen molar-refractivity contribution in [3.8, 4) is 0 Å². The van der Waals surface area contributed by atoms with Crippen LogP contribution in [0.1, 0.15) is 12.1 Å². The number of anilines is 1. The molecule has 2 heterocycles. The van der Waals surface area contributed by atoms with Gasteiger partial charge in [-0.3, -0.25) is 0 Å². The Balaban J connectivity index is 2.14. The van der Waals surface area contributed by atoms with E-state index in [1.807, 2.05) is 19.2 Å². The molecule has 0 unspecified atom stereocenters. The maximum atomic E-state index is 6.14. The van der Waals surface area contributed by atoms with E-state index in [0.29, 0.717) is 6.54 Å². The lowest BCUT2D eigenvalue weighted by atomic mass is 10.3. The quantitative estimate of drug-likeness (QED) is 0.902. The molecule has 0 spiro atoms. The zero-order chi connectivity index (χ0) is 13.0. The largest absolute Gasteiger partial charge is 0.355 e. The first kappa shape index (κ1) is 13.6. The van der Waals surface area contributed by atoms with Crippen molar-refractivity contribution < 1.29 is 0 Å². The fraction of sp³-hybridized carbons (Fsp3) is 0.615. The second-order valence-electron chi connectivity index (χ2n) is 4.77. The van der Waals surface area contributed by atoms with Gasteiger partial charge in [-0.05, 0) is 39.2 Å². The first-order chi connectivity index (χ1) is 8.70. The van der Waals surface area contributed by atoms with Gasteiger partial charge in [0.2, 0.25) is 0 Å². The molecule has 100 valence electrons. The monoisotopic (exact) mass is 268 g/mol. The summed E-state index contributed by atoms with van der Waals surface area (Å²) in [5, 5.41) is 3.84. The number of hydrogen-bond acceptors (Lipinski definition) is 4. The predicted molar refractivity (Wildman–Crippen MR) is 76.3 cm³/mol. The Bertz CT molecular complexity index is 397. The summed E-state index contributed by atoms with van der Waals surface area (Å²) in [7, 11) is 4.08. The second kappa shape index (κ2) is 6.36. The van der Waals surface area contributed by atoms with Crippen LogP contribution in [-0.4, -0.2) is 50.2 Å². The average Bonchev–Trinajstić information content (AvgIpc) is 2.57. The highest BCUT2D eigenvalue weighted by atomic mass is 35.5. The molecule has 0 radical (unpaired) electrons. The molecule has 2 rings (SSSR count). The molecule has 1 aliphatic rings. The Hall–Kier alpha value is -0.840. The van der Waals surface area contributed by atoms with Crippen molar-refractivity contribution >= 4 is 17.4 Å². The maximum absolute atomic E-state index is 6.14. The predicted octanol–water partition coefficient (Wildman–Crippen LogP) is 1.60. The minimum absolute atomic E-state index is 0.709. The highest BCUT2D eigenvalue weighted by Gasteiger charge is 2.14. The minimum Gasteiger partial charge on any atom is -0.355 e. The van der Waals surface area contributed by atoms with Crippen LogP contribution in [-0.2, 0) is 6.54 Å². The van der Waals surface area contributed by atoms with Crippen LogP contribution >= 0.6 is 11.6 Å². The zero-order valence-electron chi connectivity index (χ0n) is 11.1. The lowest BCUT2D eigenvalue weighted by Crippen LogP contribution is -2.29. The summed E-state index contributed by atoms with van der Waals surface area (Å²) in [6, 6.07) is 3.97. The molecule has 1 N–H and O–H groups in total. The van der Waals surface area contributed by atoms with Gasteiger partial charge in [0.1, 0.15) is 5.82 Å². The fourth-order valence-corrected chi connectivity index (χ4v) is 2.39. The molecule has 1 aliphatic heterocycles. The molecule has 0 saturated carbocycles. The highest BCUT2D eigenvalue weighted by molar-refractivity contribution is 6.31. The van der Waals surface area contributed by atoms with E-state index in [-0.39, 0.29) is 0 Å². The van der Waals surface area contributed by atoms with Crippen molar-refractivity contribution in [2.45, 2.75) is 13.0 Å². The molecular weight excluding hydrogens is 248 g/mol. The van der Waals surface area contributed by atoms with Crippen LogP contribution in [0.15, 0.2) is 12.1 Å². The van der Waals surface area contributed by atoms with Crippen LogP contribution in [0.3, 0.4) is 0 Å². The second-order valence-corrected chi connectivity index (χ2v) is 5.18. The van der Waals surface area contributed by atoms with Gasteiger partial charge < -0.3 is 15.1 Å². The molecular formula is C13H21ClN4. The zero-order valence-corrected chi connectivity index (χ0v) is 11.9. The molecule has 1 aromatic heterocycles. The number of nitrogens with zero attached hydrogens (tertiary/aromatic N) is 3. The molecule has 0 amide bonds. The summed E-state index contributed by atoms with van der Waals surface area (Å²) >= 11 is 6.14. The molecule has 1 saturated heterocycles. The molecule has 0 aliphatic carbocycles. The van der Waals surface area contributed by atoms with Gasteiger partial charge in [-0.15, -0.1) is 0 Å². The Kier molecular flexibility index (Phi) is 4.80. The Morgan fingerprint density at radius 1 is 1.28 bits per heavy atom. The topological polar surface area (TPSA) is 31.4 Å². The number of pyridine rings is 1. The van der Waals surface area contributed by atoms with Crippen molar-refractivity contribution in [2.24, 2.45) is 0 Å². The summed E-state index contributed by atoms with van der Waals surface area (Å²) < 4.78 is 0. The summed E-state index contributed by atoms with van der Waals surface area (Å²) in [6.07, 6.45) is 1.18.